The molecule has 2 amide bonds. The van der Waals surface area contributed by atoms with Gasteiger partial charge in [-0.05, 0) is 36.4 Å². The molecule has 9 nitrogen and oxygen atoms in total. The Morgan fingerprint density at radius 2 is 1.89 bits per heavy atom. The van der Waals surface area contributed by atoms with Gasteiger partial charge in [-0.1, -0.05) is 17.7 Å². The molecule has 0 aliphatic carbocycles. The number of carbonyl (C=O) groups excluding carboxylic acids is 3. The smallest absolute Gasteiger partial charge is 0.413 e. The zero-order chi connectivity index (χ0) is 20.3. The van der Waals surface area contributed by atoms with E-state index in [0.717, 1.165) is 4.57 Å². The summed E-state index contributed by atoms with van der Waals surface area (Å²) in [7, 11) is 1.17. The molecule has 0 radical (unpaired) electrons. The molecule has 0 saturated heterocycles. The highest BCUT2D eigenvalue weighted by molar-refractivity contribution is 6.30. The van der Waals surface area contributed by atoms with E-state index < -0.39 is 17.9 Å². The number of para-hydroxylation sites is 1. The van der Waals surface area contributed by atoms with Gasteiger partial charge in [-0.15, -0.1) is 0 Å². The van der Waals surface area contributed by atoms with Gasteiger partial charge < -0.3 is 15.2 Å². The van der Waals surface area contributed by atoms with E-state index in [2.05, 4.69) is 15.0 Å². The number of nitrogens with one attached hydrogen (secondary N) is 1. The third-order valence-electron chi connectivity index (χ3n) is 3.78. The number of ether oxygens (including phenoxy) is 2. The van der Waals surface area contributed by atoms with Gasteiger partial charge in [-0.3, -0.25) is 14.9 Å². The summed E-state index contributed by atoms with van der Waals surface area (Å²) >= 11 is 5.82. The molecule has 3 N–H and O–H groups in total. The van der Waals surface area contributed by atoms with E-state index in [1.165, 1.54) is 13.2 Å². The summed E-state index contributed by atoms with van der Waals surface area (Å²) in [5.41, 5.74) is 5.93. The average Bonchev–Trinajstić information content (AvgIpc) is 3.04. The van der Waals surface area contributed by atoms with Gasteiger partial charge in [0.25, 0.3) is 11.8 Å². The number of methoxy groups -OCH3 is 1. The Balaban J connectivity index is 1.98. The molecule has 3 rings (SSSR count). The normalized spacial score (nSPS) is 10.5. The van der Waals surface area contributed by atoms with Gasteiger partial charge >= 0.3 is 6.09 Å². The van der Waals surface area contributed by atoms with Crippen LogP contribution in [0.5, 0.6) is 5.75 Å². The van der Waals surface area contributed by atoms with Crippen LogP contribution in [0.4, 0.5) is 10.7 Å². The molecule has 28 heavy (non-hydrogen) atoms. The second-order valence-electron chi connectivity index (χ2n) is 5.56. The summed E-state index contributed by atoms with van der Waals surface area (Å²) in [6.07, 6.45) is -0.830. The van der Waals surface area contributed by atoms with Crippen molar-refractivity contribution in [1.82, 2.24) is 9.55 Å². The Morgan fingerprint density at radius 1 is 1.18 bits per heavy atom. The predicted molar refractivity (Wildman–Crippen MR) is 102 cm³/mol. The molecule has 0 aliphatic rings. The van der Waals surface area contributed by atoms with Crippen LogP contribution in [0, 0.1) is 0 Å². The van der Waals surface area contributed by atoms with E-state index in [4.69, 9.17) is 22.1 Å². The van der Waals surface area contributed by atoms with E-state index >= 15 is 0 Å². The fourth-order valence-corrected chi connectivity index (χ4v) is 2.64. The molecule has 0 spiro atoms. The van der Waals surface area contributed by atoms with Gasteiger partial charge in [-0.25, -0.2) is 14.3 Å². The third kappa shape index (κ3) is 3.89. The van der Waals surface area contributed by atoms with Crippen LogP contribution >= 0.6 is 11.6 Å². The van der Waals surface area contributed by atoms with E-state index in [9.17, 15) is 14.4 Å². The summed E-state index contributed by atoms with van der Waals surface area (Å²) < 4.78 is 11.1. The van der Waals surface area contributed by atoms with Crippen molar-refractivity contribution in [2.75, 3.05) is 19.0 Å². The Hall–Kier alpha value is -3.59. The largest absolute Gasteiger partial charge is 0.484 e. The number of nitrogens with two attached hydrogens (primary N) is 1. The first-order valence-corrected chi connectivity index (χ1v) is 8.36. The summed E-state index contributed by atoms with van der Waals surface area (Å²) in [4.78, 5) is 40.3. The Kier molecular flexibility index (Phi) is 5.46. The number of amides is 2. The number of hydrogen-bond donors (Lipinski definition) is 2. The van der Waals surface area contributed by atoms with Gasteiger partial charge in [0, 0.05) is 5.02 Å². The molecule has 0 unspecified atom stereocenters. The van der Waals surface area contributed by atoms with Crippen molar-refractivity contribution >= 4 is 46.5 Å². The number of hydrogen-bond acceptors (Lipinski definition) is 6. The molecule has 0 saturated carbocycles. The maximum Gasteiger partial charge on any atom is 0.413 e. The maximum atomic E-state index is 12.8. The molecule has 0 fully saturated rings. The summed E-state index contributed by atoms with van der Waals surface area (Å²) in [6.45, 7) is -0.357. The fourth-order valence-electron chi connectivity index (χ4n) is 2.52. The molecule has 0 aliphatic heterocycles. The van der Waals surface area contributed by atoms with Crippen LogP contribution in [0.15, 0.2) is 42.5 Å². The predicted octanol–water partition coefficient (Wildman–Crippen LogP) is 2.69. The highest BCUT2D eigenvalue weighted by atomic mass is 35.5. The number of anilines is 1. The minimum absolute atomic E-state index is 0.107. The number of fused-ring (bicyclic) bond motifs is 1. The van der Waals surface area contributed by atoms with Crippen LogP contribution in [0.1, 0.15) is 15.2 Å². The van der Waals surface area contributed by atoms with Crippen LogP contribution in [0.25, 0.3) is 11.0 Å². The number of rotatable bonds is 5. The lowest BCUT2D eigenvalue weighted by atomic mass is 10.2. The fraction of sp³-hybridized carbons (Fsp3) is 0.111. The van der Waals surface area contributed by atoms with Crippen molar-refractivity contribution in [3.8, 4) is 5.75 Å². The second-order valence-corrected chi connectivity index (χ2v) is 6.00. The molecular weight excluding hydrogens is 388 g/mol. The lowest BCUT2D eigenvalue weighted by Gasteiger charge is -2.10. The SMILES string of the molecule is COC(=O)Nc1nc2c(C(N)=O)cccc2n1C(=O)COc1ccc(Cl)cc1. The monoisotopic (exact) mass is 402 g/mol. The van der Waals surface area contributed by atoms with Crippen molar-refractivity contribution in [3.63, 3.8) is 0 Å². The van der Waals surface area contributed by atoms with Crippen LogP contribution in [0.3, 0.4) is 0 Å². The van der Waals surface area contributed by atoms with Crippen molar-refractivity contribution in [2.24, 2.45) is 5.73 Å². The van der Waals surface area contributed by atoms with E-state index in [1.807, 2.05) is 0 Å². The molecular formula is C18H15ClN4O5. The lowest BCUT2D eigenvalue weighted by molar-refractivity contribution is 0.0844. The molecule has 1 aromatic heterocycles. The summed E-state index contributed by atoms with van der Waals surface area (Å²) in [6, 6.07) is 11.1. The number of benzene rings is 2. The standard InChI is InChI=1S/C18H15ClN4O5/c1-27-18(26)22-17-21-15-12(16(20)25)3-2-4-13(15)23(17)14(24)9-28-11-7-5-10(19)6-8-11/h2-8H,9H2,1H3,(H2,20,25)(H,21,22,26). The van der Waals surface area contributed by atoms with Crippen LogP contribution in [-0.2, 0) is 4.74 Å². The number of halogens is 1. The first-order valence-electron chi connectivity index (χ1n) is 7.98. The molecule has 2 aromatic carbocycles. The highest BCUT2D eigenvalue weighted by Gasteiger charge is 2.22. The Morgan fingerprint density at radius 3 is 2.54 bits per heavy atom. The molecule has 0 atom stereocenters. The van der Waals surface area contributed by atoms with Crippen molar-refractivity contribution < 1.29 is 23.9 Å². The zero-order valence-corrected chi connectivity index (χ0v) is 15.4. The van der Waals surface area contributed by atoms with Gasteiger partial charge in [0.05, 0.1) is 18.2 Å². The minimum atomic E-state index is -0.830. The minimum Gasteiger partial charge on any atom is -0.484 e. The van der Waals surface area contributed by atoms with Crippen molar-refractivity contribution in [1.29, 1.82) is 0 Å². The van der Waals surface area contributed by atoms with E-state index in [0.29, 0.717) is 10.8 Å². The van der Waals surface area contributed by atoms with Crippen LogP contribution in [0.2, 0.25) is 5.02 Å². The molecule has 1 heterocycles. The highest BCUT2D eigenvalue weighted by Crippen LogP contribution is 2.23. The molecule has 10 heteroatoms. The van der Waals surface area contributed by atoms with Gasteiger partial charge in [0.15, 0.2) is 6.61 Å². The molecule has 0 bridgehead atoms. The van der Waals surface area contributed by atoms with Gasteiger partial charge in [-0.2, -0.15) is 0 Å². The zero-order valence-electron chi connectivity index (χ0n) is 14.6. The summed E-state index contributed by atoms with van der Waals surface area (Å²) in [5.74, 6) is -0.946. The van der Waals surface area contributed by atoms with Gasteiger partial charge in [0.1, 0.15) is 11.3 Å². The first kappa shape index (κ1) is 19.2. The van der Waals surface area contributed by atoms with E-state index in [-0.39, 0.29) is 29.2 Å². The third-order valence-corrected chi connectivity index (χ3v) is 4.03. The number of imidazole rings is 1. The first-order chi connectivity index (χ1) is 13.4. The maximum absolute atomic E-state index is 12.8. The van der Waals surface area contributed by atoms with Gasteiger partial charge in [0.2, 0.25) is 5.95 Å². The molecule has 144 valence electrons. The second kappa shape index (κ2) is 7.97. The summed E-state index contributed by atoms with van der Waals surface area (Å²) in [5, 5.41) is 2.88. The van der Waals surface area contributed by atoms with Crippen molar-refractivity contribution in [2.45, 2.75) is 0 Å². The van der Waals surface area contributed by atoms with Crippen molar-refractivity contribution in [3.05, 3.63) is 53.1 Å². The lowest BCUT2D eigenvalue weighted by Crippen LogP contribution is -2.23. The number of primary amides is 1. The number of carbonyl (C=O) groups is 3. The van der Waals surface area contributed by atoms with E-state index in [1.54, 1.807) is 36.4 Å². The quantitative estimate of drug-likeness (QED) is 0.675. The number of nitrogens with zero attached hydrogens (tertiary/aromatic N) is 2. The Labute approximate surface area is 164 Å². The topological polar surface area (TPSA) is 126 Å². The van der Waals surface area contributed by atoms with Crippen LogP contribution in [-0.4, -0.2) is 41.2 Å². The Bertz CT molecular complexity index is 1060. The van der Waals surface area contributed by atoms with Crippen LogP contribution < -0.4 is 15.8 Å². The molecule has 3 aromatic rings. The number of aromatic nitrogens is 2. The average molecular weight is 403 g/mol.